The minimum Gasteiger partial charge on any atom is -0.148 e. The standard InChI is InChI=1S/C15H22Br2S2Si2/c1-20(2,3)14-7-10(16)12(18-14)9-13-11(17)8-15(19-13)21(4,5)6/h7-8H,9H2,1-6H3. The summed E-state index contributed by atoms with van der Waals surface area (Å²) >= 11 is 11.5. The Morgan fingerprint density at radius 1 is 0.762 bits per heavy atom. The number of hydrogen-bond donors (Lipinski definition) is 0. The van der Waals surface area contributed by atoms with E-state index >= 15 is 0 Å². The van der Waals surface area contributed by atoms with Crippen molar-refractivity contribution in [2.75, 3.05) is 0 Å². The van der Waals surface area contributed by atoms with Crippen LogP contribution in [0.5, 0.6) is 0 Å². The fourth-order valence-corrected chi connectivity index (χ4v) is 9.95. The molecule has 0 saturated heterocycles. The molecule has 116 valence electrons. The van der Waals surface area contributed by atoms with E-state index in [-0.39, 0.29) is 0 Å². The average Bonchev–Trinajstić information content (AvgIpc) is 2.84. The summed E-state index contributed by atoms with van der Waals surface area (Å²) in [5, 5.41) is 0. The molecule has 6 heteroatoms. The Hall–Kier alpha value is 0.794. The molecule has 0 atom stereocenters. The molecule has 0 nitrogen and oxygen atoms in total. The number of rotatable bonds is 4. The maximum Gasteiger partial charge on any atom is 0.0904 e. The summed E-state index contributed by atoms with van der Waals surface area (Å²) in [5.74, 6) is 0. The quantitative estimate of drug-likeness (QED) is 0.468. The van der Waals surface area contributed by atoms with Gasteiger partial charge >= 0.3 is 0 Å². The topological polar surface area (TPSA) is 0 Å². The summed E-state index contributed by atoms with van der Waals surface area (Å²) in [6.07, 6.45) is 1.05. The van der Waals surface area contributed by atoms with Crippen LogP contribution in [-0.4, -0.2) is 16.1 Å². The van der Waals surface area contributed by atoms with Crippen LogP contribution in [0.25, 0.3) is 0 Å². The first-order valence-electron chi connectivity index (χ1n) is 7.06. The highest BCUT2D eigenvalue weighted by atomic mass is 79.9. The van der Waals surface area contributed by atoms with Gasteiger partial charge < -0.3 is 0 Å². The molecule has 0 radical (unpaired) electrons. The van der Waals surface area contributed by atoms with Crippen LogP contribution in [0.1, 0.15) is 9.75 Å². The summed E-state index contributed by atoms with van der Waals surface area (Å²) in [6, 6.07) is 4.71. The lowest BCUT2D eigenvalue weighted by atomic mass is 10.3. The molecule has 0 bridgehead atoms. The van der Waals surface area contributed by atoms with Gasteiger partial charge in [0.05, 0.1) is 16.1 Å². The van der Waals surface area contributed by atoms with Crippen LogP contribution >= 0.6 is 54.5 Å². The van der Waals surface area contributed by atoms with E-state index in [1.54, 1.807) is 9.00 Å². The summed E-state index contributed by atoms with van der Waals surface area (Å²) in [5.41, 5.74) is 0. The Labute approximate surface area is 155 Å². The van der Waals surface area contributed by atoms with E-state index in [9.17, 15) is 0 Å². The number of halogens is 2. The lowest BCUT2D eigenvalue weighted by Gasteiger charge is -2.12. The molecule has 0 aliphatic heterocycles. The first kappa shape index (κ1) is 18.1. The molecule has 0 aromatic carbocycles. The third kappa shape index (κ3) is 4.41. The van der Waals surface area contributed by atoms with Gasteiger partial charge in [-0.25, -0.2) is 0 Å². The Bertz CT molecular complexity index is 589. The van der Waals surface area contributed by atoms with Crippen LogP contribution in [-0.2, 0) is 6.42 Å². The molecule has 2 aromatic rings. The molecule has 0 spiro atoms. The molecule has 2 rings (SSSR count). The molecule has 2 heterocycles. The van der Waals surface area contributed by atoms with E-state index < -0.39 is 16.1 Å². The smallest absolute Gasteiger partial charge is 0.0904 e. The fourth-order valence-electron chi connectivity index (χ4n) is 1.94. The summed E-state index contributed by atoms with van der Waals surface area (Å²) in [6.45, 7) is 14.5. The second-order valence-corrected chi connectivity index (χ2v) is 22.2. The lowest BCUT2D eigenvalue weighted by molar-refractivity contribution is 1.28. The first-order valence-corrected chi connectivity index (χ1v) is 17.3. The van der Waals surface area contributed by atoms with Crippen molar-refractivity contribution in [3.63, 3.8) is 0 Å². The normalized spacial score (nSPS) is 13.0. The third-order valence-electron chi connectivity index (χ3n) is 3.31. The van der Waals surface area contributed by atoms with Crippen LogP contribution in [0.2, 0.25) is 39.3 Å². The molecule has 0 unspecified atom stereocenters. The van der Waals surface area contributed by atoms with E-state index in [0.29, 0.717) is 0 Å². The van der Waals surface area contributed by atoms with Crippen molar-refractivity contribution in [2.45, 2.75) is 45.7 Å². The molecule has 0 N–H and O–H groups in total. The Kier molecular flexibility index (Phi) is 5.49. The van der Waals surface area contributed by atoms with Crippen molar-refractivity contribution in [3.8, 4) is 0 Å². The maximum atomic E-state index is 3.77. The molecule has 21 heavy (non-hydrogen) atoms. The van der Waals surface area contributed by atoms with Crippen LogP contribution in [0.4, 0.5) is 0 Å². The average molecular weight is 482 g/mol. The van der Waals surface area contributed by atoms with Gasteiger partial charge in [-0.15, -0.1) is 22.7 Å². The van der Waals surface area contributed by atoms with Gasteiger partial charge in [0, 0.05) is 25.1 Å². The van der Waals surface area contributed by atoms with Crippen molar-refractivity contribution in [1.29, 1.82) is 0 Å². The van der Waals surface area contributed by atoms with Gasteiger partial charge in [-0.05, 0) is 53.0 Å². The van der Waals surface area contributed by atoms with E-state index in [0.717, 1.165) is 6.42 Å². The van der Waals surface area contributed by atoms with Crippen LogP contribution in [0, 0.1) is 0 Å². The van der Waals surface area contributed by atoms with Gasteiger partial charge in [0.25, 0.3) is 0 Å². The predicted molar refractivity (Wildman–Crippen MR) is 113 cm³/mol. The van der Waals surface area contributed by atoms with E-state index in [1.807, 2.05) is 22.7 Å². The molecule has 2 aromatic heterocycles. The highest BCUT2D eigenvalue weighted by Gasteiger charge is 2.23. The minimum absolute atomic E-state index is 1.05. The summed E-state index contributed by atoms with van der Waals surface area (Å²) in [7, 11) is -2.42. The Morgan fingerprint density at radius 3 is 1.33 bits per heavy atom. The Morgan fingerprint density at radius 2 is 1.10 bits per heavy atom. The minimum atomic E-state index is -1.21. The van der Waals surface area contributed by atoms with Gasteiger partial charge in [0.2, 0.25) is 0 Å². The summed E-state index contributed by atoms with van der Waals surface area (Å²) in [4.78, 5) is 2.94. The zero-order valence-corrected chi connectivity index (χ0v) is 20.2. The molecule has 0 amide bonds. The zero-order valence-electron chi connectivity index (χ0n) is 13.4. The molecular formula is C15H22Br2S2Si2. The second-order valence-electron chi connectivity index (χ2n) is 7.44. The first-order chi connectivity index (χ1) is 9.48. The SMILES string of the molecule is C[Si](C)(C)c1cc(Br)c(Cc2sc([Si](C)(C)C)cc2Br)s1. The van der Waals surface area contributed by atoms with Crippen LogP contribution in [0.3, 0.4) is 0 Å². The molecule has 0 fully saturated rings. The third-order valence-corrected chi connectivity index (χ3v) is 14.7. The van der Waals surface area contributed by atoms with Gasteiger partial charge in [-0.2, -0.15) is 0 Å². The van der Waals surface area contributed by atoms with Crippen molar-refractivity contribution in [3.05, 3.63) is 30.8 Å². The molecule has 0 aliphatic carbocycles. The summed E-state index contributed by atoms with van der Waals surface area (Å²) < 4.78 is 5.75. The van der Waals surface area contributed by atoms with E-state index in [1.165, 1.54) is 18.7 Å². The molecule has 0 aliphatic rings. The van der Waals surface area contributed by atoms with Crippen molar-refractivity contribution < 1.29 is 0 Å². The highest BCUT2D eigenvalue weighted by Crippen LogP contribution is 2.31. The van der Waals surface area contributed by atoms with Crippen LogP contribution < -0.4 is 9.00 Å². The lowest BCUT2D eigenvalue weighted by Crippen LogP contribution is -2.34. The van der Waals surface area contributed by atoms with E-state index in [4.69, 9.17) is 0 Å². The largest absolute Gasteiger partial charge is 0.148 e. The Balaban J connectivity index is 2.31. The number of thiophene rings is 2. The number of hydrogen-bond acceptors (Lipinski definition) is 2. The molecular weight excluding hydrogens is 460 g/mol. The monoisotopic (exact) mass is 480 g/mol. The van der Waals surface area contributed by atoms with Crippen molar-refractivity contribution in [1.82, 2.24) is 0 Å². The zero-order chi connectivity index (χ0) is 16.0. The van der Waals surface area contributed by atoms with Gasteiger partial charge in [0.15, 0.2) is 0 Å². The highest BCUT2D eigenvalue weighted by molar-refractivity contribution is 9.11. The second kappa shape index (κ2) is 6.36. The molecule has 0 saturated carbocycles. The van der Waals surface area contributed by atoms with Gasteiger partial charge in [-0.1, -0.05) is 39.3 Å². The van der Waals surface area contributed by atoms with Crippen molar-refractivity contribution >= 4 is 79.7 Å². The van der Waals surface area contributed by atoms with Crippen LogP contribution in [0.15, 0.2) is 21.1 Å². The van der Waals surface area contributed by atoms with Gasteiger partial charge in [-0.3, -0.25) is 0 Å². The van der Waals surface area contributed by atoms with Crippen molar-refractivity contribution in [2.24, 2.45) is 0 Å². The maximum absolute atomic E-state index is 3.77. The predicted octanol–water partition coefficient (Wildman–Crippen LogP) is 6.02. The van der Waals surface area contributed by atoms with Gasteiger partial charge in [0.1, 0.15) is 0 Å². The van der Waals surface area contributed by atoms with E-state index in [2.05, 4.69) is 83.3 Å². The fraction of sp³-hybridized carbons (Fsp3) is 0.467.